The zero-order chi connectivity index (χ0) is 26.6. The number of carbonyl (C=O) groups is 1. The van der Waals surface area contributed by atoms with E-state index in [1.54, 1.807) is 11.3 Å². The van der Waals surface area contributed by atoms with Gasteiger partial charge in [0.05, 0.1) is 26.6 Å². The fourth-order valence-corrected chi connectivity index (χ4v) is 7.81. The third-order valence-electron chi connectivity index (χ3n) is 6.92. The lowest BCUT2D eigenvalue weighted by Crippen LogP contribution is -2.50. The molecule has 2 aromatic heterocycles. The van der Waals surface area contributed by atoms with Crippen LogP contribution >= 0.6 is 57.5 Å². The smallest absolute Gasteiger partial charge is 0.257 e. The summed E-state index contributed by atoms with van der Waals surface area (Å²) in [4.78, 5) is 23.9. The maximum absolute atomic E-state index is 13.1. The van der Waals surface area contributed by atoms with Crippen molar-refractivity contribution < 1.29 is 14.6 Å². The van der Waals surface area contributed by atoms with Crippen molar-refractivity contribution in [1.82, 2.24) is 9.88 Å². The fourth-order valence-electron chi connectivity index (χ4n) is 5.06. The van der Waals surface area contributed by atoms with Crippen LogP contribution in [0.4, 0.5) is 10.1 Å². The summed E-state index contributed by atoms with van der Waals surface area (Å²) in [6.45, 7) is 3.76. The van der Waals surface area contributed by atoms with Gasteiger partial charge >= 0.3 is 0 Å². The van der Waals surface area contributed by atoms with Gasteiger partial charge in [0, 0.05) is 43.2 Å². The van der Waals surface area contributed by atoms with Crippen LogP contribution in [0, 0.1) is 0 Å². The van der Waals surface area contributed by atoms with Gasteiger partial charge in [-0.2, -0.15) is 0 Å². The van der Waals surface area contributed by atoms with Crippen LogP contribution in [0.3, 0.4) is 0 Å². The molecule has 0 spiro atoms. The van der Waals surface area contributed by atoms with Gasteiger partial charge in [0.1, 0.15) is 17.3 Å². The molecule has 3 aromatic rings. The highest BCUT2D eigenvalue weighted by atomic mass is 35.5. The summed E-state index contributed by atoms with van der Waals surface area (Å²) in [7, 11) is 0. The van der Waals surface area contributed by atoms with Crippen LogP contribution in [0.25, 0.3) is 10.6 Å². The summed E-state index contributed by atoms with van der Waals surface area (Å²) >= 11 is 21.8. The quantitative estimate of drug-likeness (QED) is 0.287. The molecule has 2 N–H and O–H groups in total. The number of hydrogen-bond acceptors (Lipinski definition) is 8. The van der Waals surface area contributed by atoms with Gasteiger partial charge in [0.2, 0.25) is 0 Å². The summed E-state index contributed by atoms with van der Waals surface area (Å²) in [5.41, 5.74) is 1.12. The minimum absolute atomic E-state index is 0.0529. The minimum Gasteiger partial charge on any atom is -0.488 e. The van der Waals surface area contributed by atoms with E-state index in [0.29, 0.717) is 16.2 Å². The third kappa shape index (κ3) is 6.41. The second-order valence-corrected chi connectivity index (χ2v) is 12.6. The molecule has 38 heavy (non-hydrogen) atoms. The third-order valence-corrected chi connectivity index (χ3v) is 9.80. The maximum atomic E-state index is 13.1. The molecule has 2 aliphatic rings. The van der Waals surface area contributed by atoms with Crippen molar-refractivity contribution in [3.8, 4) is 16.3 Å². The number of hydrogen-bond donors (Lipinski definition) is 2. The first kappa shape index (κ1) is 28.0. The first-order valence-corrected chi connectivity index (χ1v) is 15.5. The summed E-state index contributed by atoms with van der Waals surface area (Å²) in [6.07, 6.45) is 6.64. The molecular formula is C26H29Cl3N4O3S2. The lowest BCUT2D eigenvalue weighted by atomic mass is 9.94. The number of anilines is 2. The van der Waals surface area contributed by atoms with Crippen LogP contribution in [0.15, 0.2) is 23.6 Å². The van der Waals surface area contributed by atoms with Gasteiger partial charge in [-0.15, -0.1) is 11.3 Å². The lowest BCUT2D eigenvalue weighted by Gasteiger charge is -2.41. The zero-order valence-corrected chi connectivity index (χ0v) is 24.6. The number of thiophene rings is 1. The van der Waals surface area contributed by atoms with Crippen LogP contribution in [-0.4, -0.2) is 66.3 Å². The average molecular weight is 616 g/mol. The number of nitrogens with zero attached hydrogens (tertiary/aromatic N) is 3. The number of ether oxygens (including phenoxy) is 1. The Morgan fingerprint density at radius 1 is 1.08 bits per heavy atom. The van der Waals surface area contributed by atoms with Gasteiger partial charge in [-0.3, -0.25) is 15.0 Å². The van der Waals surface area contributed by atoms with E-state index in [1.165, 1.54) is 55.6 Å². The van der Waals surface area contributed by atoms with Crippen LogP contribution in [0.5, 0.6) is 5.75 Å². The number of halogens is 3. The van der Waals surface area contributed by atoms with E-state index in [-0.39, 0.29) is 40.5 Å². The number of aliphatic hydroxyl groups is 1. The Morgan fingerprint density at radius 3 is 2.42 bits per heavy atom. The van der Waals surface area contributed by atoms with E-state index in [2.05, 4.69) is 15.1 Å². The van der Waals surface area contributed by atoms with E-state index in [9.17, 15) is 4.79 Å². The Balaban J connectivity index is 1.34. The van der Waals surface area contributed by atoms with Crippen molar-refractivity contribution in [2.75, 3.05) is 49.6 Å². The molecule has 1 aromatic carbocycles. The second-order valence-electron chi connectivity index (χ2n) is 9.41. The van der Waals surface area contributed by atoms with Gasteiger partial charge in [0.15, 0.2) is 10.9 Å². The number of piperazine rings is 1. The molecule has 12 heteroatoms. The van der Waals surface area contributed by atoms with Gasteiger partial charge in [-0.1, -0.05) is 65.4 Å². The normalized spacial score (nSPS) is 17.1. The van der Waals surface area contributed by atoms with Crippen molar-refractivity contribution in [1.29, 1.82) is 0 Å². The number of nitrogens with one attached hydrogen (secondary N) is 1. The Kier molecular flexibility index (Phi) is 9.36. The Bertz CT molecular complexity index is 1250. The lowest BCUT2D eigenvalue weighted by molar-refractivity contribution is 0.102. The Hall–Kier alpha value is -1.59. The van der Waals surface area contributed by atoms with Crippen molar-refractivity contribution in [2.24, 2.45) is 0 Å². The molecule has 3 heterocycles. The van der Waals surface area contributed by atoms with Crippen LogP contribution in [0.1, 0.15) is 42.5 Å². The number of rotatable bonds is 8. The van der Waals surface area contributed by atoms with E-state index in [4.69, 9.17) is 49.6 Å². The molecule has 1 aliphatic carbocycles. The van der Waals surface area contributed by atoms with Gasteiger partial charge in [0.25, 0.3) is 5.91 Å². The first-order chi connectivity index (χ1) is 18.4. The number of amides is 1. The summed E-state index contributed by atoms with van der Waals surface area (Å²) in [5.74, 6) is -0.139. The molecule has 7 nitrogen and oxygen atoms in total. The van der Waals surface area contributed by atoms with Crippen LogP contribution in [0.2, 0.25) is 15.1 Å². The minimum atomic E-state index is -0.374. The number of thiazole rings is 1. The molecule has 1 amide bonds. The fraction of sp³-hybridized carbons (Fsp3) is 0.462. The van der Waals surface area contributed by atoms with Gasteiger partial charge in [-0.25, -0.2) is 4.98 Å². The van der Waals surface area contributed by atoms with Crippen molar-refractivity contribution in [2.45, 2.75) is 38.1 Å². The number of carbonyl (C=O) groups excluding carboxylic acids is 1. The average Bonchev–Trinajstić information content (AvgIpc) is 3.55. The highest BCUT2D eigenvalue weighted by Crippen LogP contribution is 2.43. The predicted octanol–water partition coefficient (Wildman–Crippen LogP) is 6.91. The molecule has 1 saturated heterocycles. The molecule has 204 valence electrons. The van der Waals surface area contributed by atoms with E-state index in [0.717, 1.165) is 41.8 Å². The van der Waals surface area contributed by atoms with Gasteiger partial charge < -0.3 is 14.7 Å². The first-order valence-electron chi connectivity index (χ1n) is 12.7. The molecule has 1 aliphatic heterocycles. The maximum Gasteiger partial charge on any atom is 0.257 e. The van der Waals surface area contributed by atoms with E-state index >= 15 is 0 Å². The molecular weight excluding hydrogens is 587 g/mol. The van der Waals surface area contributed by atoms with Gasteiger partial charge in [-0.05, 0) is 31.0 Å². The number of aliphatic hydroxyl groups excluding tert-OH is 1. The number of aromatic nitrogens is 1. The molecule has 0 radical (unpaired) electrons. The van der Waals surface area contributed by atoms with Crippen LogP contribution < -0.4 is 15.0 Å². The second kappa shape index (κ2) is 12.7. The molecule has 0 bridgehead atoms. The monoisotopic (exact) mass is 614 g/mol. The molecule has 1 saturated carbocycles. The largest absolute Gasteiger partial charge is 0.488 e. The SMILES string of the molecule is O=C(Nc1nc(-c2cc(Cl)cs2)c(N2CCN(C3CCCCC3)CC2)s1)c1cc(Cl)c(OCCO)c(Cl)c1. The standard InChI is InChI=1S/C26H29Cl3N4O3S2/c27-17-14-21(37-15-17)22-25(33-8-6-32(7-9-33)18-4-2-1-3-5-18)38-26(30-22)31-24(35)16-12-19(28)23(20(29)13-16)36-11-10-34/h12-15,18,34H,1-11H2,(H,30,31,35). The van der Waals surface area contributed by atoms with E-state index in [1.807, 2.05) is 11.4 Å². The van der Waals surface area contributed by atoms with Crippen molar-refractivity contribution >= 4 is 73.5 Å². The highest BCUT2D eigenvalue weighted by molar-refractivity contribution is 7.21. The highest BCUT2D eigenvalue weighted by Gasteiger charge is 2.28. The van der Waals surface area contributed by atoms with E-state index < -0.39 is 0 Å². The number of benzene rings is 1. The topological polar surface area (TPSA) is 77.9 Å². The van der Waals surface area contributed by atoms with Crippen LogP contribution in [-0.2, 0) is 0 Å². The molecule has 0 atom stereocenters. The summed E-state index contributed by atoms with van der Waals surface area (Å²) in [6, 6.07) is 5.61. The Labute approximate surface area is 245 Å². The zero-order valence-electron chi connectivity index (χ0n) is 20.7. The summed E-state index contributed by atoms with van der Waals surface area (Å²) < 4.78 is 5.38. The Morgan fingerprint density at radius 2 is 1.79 bits per heavy atom. The molecule has 2 fully saturated rings. The molecule has 5 rings (SSSR count). The predicted molar refractivity (Wildman–Crippen MR) is 158 cm³/mol. The summed E-state index contributed by atoms with van der Waals surface area (Å²) in [5, 5.41) is 16.4. The molecule has 0 unspecified atom stereocenters. The van der Waals surface area contributed by atoms with Crippen molar-refractivity contribution in [3.05, 3.63) is 44.2 Å². The van der Waals surface area contributed by atoms with Crippen molar-refractivity contribution in [3.63, 3.8) is 0 Å².